The maximum absolute atomic E-state index is 12.2. The zero-order valence-electron chi connectivity index (χ0n) is 11.8. The van der Waals surface area contributed by atoms with Gasteiger partial charge >= 0.3 is 0 Å². The monoisotopic (exact) mass is 300 g/mol. The topological polar surface area (TPSA) is 32.3 Å². The van der Waals surface area contributed by atoms with Gasteiger partial charge in [-0.05, 0) is 43.2 Å². The molecule has 1 aliphatic rings. The van der Waals surface area contributed by atoms with E-state index in [0.717, 1.165) is 17.8 Å². The first-order chi connectivity index (χ1) is 10.1. The third-order valence-corrected chi connectivity index (χ3v) is 4.01. The molecule has 21 heavy (non-hydrogen) atoms. The highest BCUT2D eigenvalue weighted by Gasteiger charge is 2.26. The Hall–Kier alpha value is -2.00. The molecule has 3 rings (SSSR count). The predicted octanol–water partition coefficient (Wildman–Crippen LogP) is 3.73. The molecular formula is C17H17ClN2O. The van der Waals surface area contributed by atoms with Gasteiger partial charge in [0.2, 0.25) is 5.91 Å². The van der Waals surface area contributed by atoms with Crippen LogP contribution in [0.15, 0.2) is 48.5 Å². The first kappa shape index (κ1) is 14.0. The molecule has 0 aromatic heterocycles. The lowest BCUT2D eigenvalue weighted by Gasteiger charge is -2.24. The summed E-state index contributed by atoms with van der Waals surface area (Å²) in [4.78, 5) is 14.4. The normalized spacial score (nSPS) is 16.7. The summed E-state index contributed by atoms with van der Waals surface area (Å²) in [6.07, 6.45) is 0.987. The molecule has 3 nitrogen and oxygen atoms in total. The maximum atomic E-state index is 12.2. The second-order valence-electron chi connectivity index (χ2n) is 5.37. The van der Waals surface area contributed by atoms with Gasteiger partial charge in [0.15, 0.2) is 0 Å². The smallest absolute Gasteiger partial charge is 0.243 e. The van der Waals surface area contributed by atoms with Crippen molar-refractivity contribution in [2.24, 2.45) is 0 Å². The molecule has 0 saturated carbocycles. The Balaban J connectivity index is 1.70. The third-order valence-electron chi connectivity index (χ3n) is 3.77. The summed E-state index contributed by atoms with van der Waals surface area (Å²) in [5.74, 6) is -0.0270. The molecule has 0 radical (unpaired) electrons. The van der Waals surface area contributed by atoms with Gasteiger partial charge in [0.1, 0.15) is 0 Å². The molecule has 0 unspecified atom stereocenters. The molecule has 0 aliphatic carbocycles. The molecule has 0 bridgehead atoms. The summed E-state index contributed by atoms with van der Waals surface area (Å²) in [7, 11) is 0. The van der Waals surface area contributed by atoms with Crippen LogP contribution in [-0.4, -0.2) is 18.5 Å². The molecule has 108 valence electrons. The number of fused-ring (bicyclic) bond motifs is 1. The second kappa shape index (κ2) is 5.78. The zero-order chi connectivity index (χ0) is 14.8. The number of carbonyl (C=O) groups excluding carboxylic acids is 1. The van der Waals surface area contributed by atoms with Crippen molar-refractivity contribution in [3.05, 3.63) is 59.1 Å². The van der Waals surface area contributed by atoms with Crippen LogP contribution in [0.2, 0.25) is 5.02 Å². The van der Waals surface area contributed by atoms with Crippen LogP contribution in [0.5, 0.6) is 0 Å². The van der Waals surface area contributed by atoms with Crippen LogP contribution in [-0.2, 0) is 11.2 Å². The highest BCUT2D eigenvalue weighted by Crippen LogP contribution is 2.31. The van der Waals surface area contributed by atoms with Crippen LogP contribution < -0.4 is 10.2 Å². The third kappa shape index (κ3) is 3.03. The van der Waals surface area contributed by atoms with Gasteiger partial charge in [-0.15, -0.1) is 0 Å². The van der Waals surface area contributed by atoms with Crippen molar-refractivity contribution in [2.75, 3.05) is 16.8 Å². The number of rotatable bonds is 3. The lowest BCUT2D eigenvalue weighted by Crippen LogP contribution is -2.37. The number of nitrogens with zero attached hydrogens (tertiary/aromatic N) is 1. The van der Waals surface area contributed by atoms with Gasteiger partial charge in [-0.25, -0.2) is 0 Å². The van der Waals surface area contributed by atoms with Crippen molar-refractivity contribution in [1.29, 1.82) is 0 Å². The molecular weight excluding hydrogens is 284 g/mol. The van der Waals surface area contributed by atoms with Gasteiger partial charge in [0.25, 0.3) is 0 Å². The average Bonchev–Trinajstić information content (AvgIpc) is 2.75. The van der Waals surface area contributed by atoms with E-state index in [-0.39, 0.29) is 5.91 Å². The summed E-state index contributed by atoms with van der Waals surface area (Å²) >= 11 is 5.93. The van der Waals surface area contributed by atoms with Crippen LogP contribution in [0, 0.1) is 0 Å². The molecule has 1 atom stereocenters. The summed E-state index contributed by atoms with van der Waals surface area (Å²) in [5.41, 5.74) is 3.19. The second-order valence-corrected chi connectivity index (χ2v) is 5.80. The molecule has 2 aromatic carbocycles. The lowest BCUT2D eigenvalue weighted by atomic mass is 10.1. The fourth-order valence-corrected chi connectivity index (χ4v) is 2.98. The summed E-state index contributed by atoms with van der Waals surface area (Å²) < 4.78 is 0. The molecule has 0 saturated heterocycles. The first-order valence-corrected chi connectivity index (χ1v) is 7.41. The molecule has 1 aliphatic heterocycles. The van der Waals surface area contributed by atoms with E-state index in [9.17, 15) is 4.79 Å². The highest BCUT2D eigenvalue weighted by atomic mass is 35.5. The van der Waals surface area contributed by atoms with E-state index in [1.54, 1.807) is 12.1 Å². The highest BCUT2D eigenvalue weighted by molar-refractivity contribution is 6.30. The van der Waals surface area contributed by atoms with E-state index in [1.165, 1.54) is 5.56 Å². The van der Waals surface area contributed by atoms with Crippen LogP contribution in [0.25, 0.3) is 0 Å². The SMILES string of the molecule is C[C@@H]1Cc2ccccc2N1CC(=O)Nc1cccc(Cl)c1. The Morgan fingerprint density at radius 3 is 2.90 bits per heavy atom. The standard InChI is InChI=1S/C17H17ClN2O/c1-12-9-13-5-2-3-8-16(13)20(12)11-17(21)19-15-7-4-6-14(18)10-15/h2-8,10,12H,9,11H2,1H3,(H,19,21)/t12-/m1/s1. The predicted molar refractivity (Wildman–Crippen MR) is 87.0 cm³/mol. The number of hydrogen-bond acceptors (Lipinski definition) is 2. The van der Waals surface area contributed by atoms with Gasteiger partial charge in [-0.1, -0.05) is 35.9 Å². The Bertz CT molecular complexity index is 671. The Kier molecular flexibility index (Phi) is 3.84. The number of para-hydroxylation sites is 1. The fraction of sp³-hybridized carbons (Fsp3) is 0.235. The largest absolute Gasteiger partial charge is 0.359 e. The number of carbonyl (C=O) groups is 1. The molecule has 2 aromatic rings. The van der Waals surface area contributed by atoms with Crippen LogP contribution in [0.4, 0.5) is 11.4 Å². The van der Waals surface area contributed by atoms with Gasteiger partial charge < -0.3 is 10.2 Å². The Morgan fingerprint density at radius 1 is 1.29 bits per heavy atom. The first-order valence-electron chi connectivity index (χ1n) is 7.03. The number of amides is 1. The number of anilines is 2. The summed E-state index contributed by atoms with van der Waals surface area (Å²) in [5, 5.41) is 3.51. The molecule has 4 heteroatoms. The number of nitrogens with one attached hydrogen (secondary N) is 1. The number of benzene rings is 2. The Labute approximate surface area is 129 Å². The van der Waals surface area contributed by atoms with Crippen LogP contribution in [0.1, 0.15) is 12.5 Å². The quantitative estimate of drug-likeness (QED) is 0.937. The summed E-state index contributed by atoms with van der Waals surface area (Å²) in [6, 6.07) is 15.8. The zero-order valence-corrected chi connectivity index (χ0v) is 12.6. The van der Waals surface area contributed by atoms with Gasteiger partial charge in [0, 0.05) is 22.4 Å². The molecule has 0 spiro atoms. The van der Waals surface area contributed by atoms with Crippen molar-refractivity contribution in [3.8, 4) is 0 Å². The van der Waals surface area contributed by atoms with E-state index in [0.29, 0.717) is 17.6 Å². The van der Waals surface area contributed by atoms with Gasteiger partial charge in [0.05, 0.1) is 6.54 Å². The van der Waals surface area contributed by atoms with Crippen molar-refractivity contribution in [1.82, 2.24) is 0 Å². The molecule has 1 heterocycles. The molecule has 0 fully saturated rings. The van der Waals surface area contributed by atoms with Gasteiger partial charge in [-0.2, -0.15) is 0 Å². The molecule has 1 N–H and O–H groups in total. The van der Waals surface area contributed by atoms with Crippen LogP contribution >= 0.6 is 11.6 Å². The van der Waals surface area contributed by atoms with Crippen molar-refractivity contribution in [3.63, 3.8) is 0 Å². The fourth-order valence-electron chi connectivity index (χ4n) is 2.79. The maximum Gasteiger partial charge on any atom is 0.243 e. The lowest BCUT2D eigenvalue weighted by molar-refractivity contribution is -0.115. The van der Waals surface area contributed by atoms with E-state index in [1.807, 2.05) is 24.3 Å². The van der Waals surface area contributed by atoms with Gasteiger partial charge in [-0.3, -0.25) is 4.79 Å². The van der Waals surface area contributed by atoms with E-state index < -0.39 is 0 Å². The van der Waals surface area contributed by atoms with E-state index in [4.69, 9.17) is 11.6 Å². The minimum absolute atomic E-state index is 0.0270. The number of hydrogen-bond donors (Lipinski definition) is 1. The minimum Gasteiger partial charge on any atom is -0.359 e. The van der Waals surface area contributed by atoms with Crippen LogP contribution in [0.3, 0.4) is 0 Å². The Morgan fingerprint density at radius 2 is 2.10 bits per heavy atom. The van der Waals surface area contributed by atoms with E-state index >= 15 is 0 Å². The van der Waals surface area contributed by atoms with Crippen molar-refractivity contribution in [2.45, 2.75) is 19.4 Å². The summed E-state index contributed by atoms with van der Waals surface area (Å²) in [6.45, 7) is 2.50. The van der Waals surface area contributed by atoms with Crippen molar-refractivity contribution < 1.29 is 4.79 Å². The van der Waals surface area contributed by atoms with E-state index in [2.05, 4.69) is 29.3 Å². The minimum atomic E-state index is -0.0270. The molecule has 1 amide bonds. The van der Waals surface area contributed by atoms with Crippen molar-refractivity contribution >= 4 is 28.9 Å². The number of halogens is 1. The average molecular weight is 301 g/mol.